The predicted molar refractivity (Wildman–Crippen MR) is 74.0 cm³/mol. The lowest BCUT2D eigenvalue weighted by Gasteiger charge is -2.58. The van der Waals surface area contributed by atoms with E-state index in [0.29, 0.717) is 18.1 Å². The fraction of sp³-hybridized carbons (Fsp3) is 0.867. The molecule has 1 aliphatic carbocycles. The Morgan fingerprint density at radius 3 is 2.20 bits per heavy atom. The van der Waals surface area contributed by atoms with Crippen LogP contribution < -0.4 is 0 Å². The van der Waals surface area contributed by atoms with E-state index in [0.717, 1.165) is 32.4 Å². The molecule has 3 saturated heterocycles. The largest absolute Gasteiger partial charge is 0.444 e. The van der Waals surface area contributed by atoms with Crippen molar-refractivity contribution >= 4 is 6.09 Å². The molecule has 0 aromatic heterocycles. The molecule has 3 aliphatic heterocycles. The monoisotopic (exact) mass is 277 g/mol. The van der Waals surface area contributed by atoms with E-state index in [9.17, 15) is 4.79 Å². The number of fused-ring (bicyclic) bond motifs is 2. The summed E-state index contributed by atoms with van der Waals surface area (Å²) in [4.78, 5) is 16.5. The van der Waals surface area contributed by atoms with Crippen LogP contribution in [0.3, 0.4) is 0 Å². The van der Waals surface area contributed by atoms with Gasteiger partial charge in [-0.3, -0.25) is 4.90 Å². The van der Waals surface area contributed by atoms with E-state index in [-0.39, 0.29) is 12.0 Å². The highest BCUT2D eigenvalue weighted by atomic mass is 16.6. The fourth-order valence-corrected chi connectivity index (χ4v) is 3.65. The molecule has 0 radical (unpaired) electrons. The van der Waals surface area contributed by atoms with Crippen LogP contribution >= 0.6 is 0 Å². The second kappa shape index (κ2) is 4.63. The van der Waals surface area contributed by atoms with Gasteiger partial charge in [0, 0.05) is 31.2 Å². The Hall–Kier alpha value is -1.28. The first kappa shape index (κ1) is 13.7. The minimum absolute atomic E-state index is 0.157. The van der Waals surface area contributed by atoms with Crippen LogP contribution in [0, 0.1) is 17.2 Å². The average molecular weight is 277 g/mol. The first-order valence-electron chi connectivity index (χ1n) is 7.52. The Morgan fingerprint density at radius 1 is 1.15 bits per heavy atom. The Labute approximate surface area is 120 Å². The van der Waals surface area contributed by atoms with Crippen molar-refractivity contribution < 1.29 is 9.53 Å². The molecule has 5 heteroatoms. The van der Waals surface area contributed by atoms with Crippen molar-refractivity contribution in [2.75, 3.05) is 13.1 Å². The number of hydrogen-bond donors (Lipinski definition) is 0. The number of likely N-dealkylation sites (tertiary alicyclic amines) is 1. The second-order valence-electron chi connectivity index (χ2n) is 7.34. The Morgan fingerprint density at radius 2 is 1.70 bits per heavy atom. The van der Waals surface area contributed by atoms with Gasteiger partial charge in [-0.05, 0) is 40.0 Å². The zero-order valence-corrected chi connectivity index (χ0v) is 12.5. The molecule has 0 spiro atoms. The average Bonchev–Trinajstić information content (AvgIpc) is 2.24. The third-order valence-corrected chi connectivity index (χ3v) is 4.63. The number of rotatable bonds is 1. The molecule has 4 rings (SSSR count). The van der Waals surface area contributed by atoms with Gasteiger partial charge in [0.05, 0.1) is 12.0 Å². The minimum Gasteiger partial charge on any atom is -0.444 e. The molecule has 2 bridgehead atoms. The van der Waals surface area contributed by atoms with Crippen LogP contribution in [0.4, 0.5) is 4.79 Å². The lowest BCUT2D eigenvalue weighted by atomic mass is 9.75. The molecule has 2 unspecified atom stereocenters. The highest BCUT2D eigenvalue weighted by Gasteiger charge is 2.51. The molecule has 1 amide bonds. The molecule has 1 saturated carbocycles. The Balaban J connectivity index is 1.53. The van der Waals surface area contributed by atoms with Crippen LogP contribution in [0.1, 0.15) is 40.0 Å². The van der Waals surface area contributed by atoms with Crippen molar-refractivity contribution in [3.05, 3.63) is 0 Å². The maximum atomic E-state index is 12.2. The molecule has 0 aromatic carbocycles. The topological polar surface area (TPSA) is 56.6 Å². The summed E-state index contributed by atoms with van der Waals surface area (Å²) in [6, 6.07) is 3.56. The molecular formula is C15H23N3O2. The quantitative estimate of drug-likeness (QED) is 0.735. The van der Waals surface area contributed by atoms with Gasteiger partial charge >= 0.3 is 6.09 Å². The summed E-state index contributed by atoms with van der Waals surface area (Å²) >= 11 is 0. The number of amides is 1. The SMILES string of the molecule is CC(C)(C)OC(=O)N1C2CC(N3CC(C#N)C3)CC1C2. The van der Waals surface area contributed by atoms with E-state index in [1.54, 1.807) is 0 Å². The summed E-state index contributed by atoms with van der Waals surface area (Å²) in [5.41, 5.74) is -0.419. The Bertz CT molecular complexity index is 433. The van der Waals surface area contributed by atoms with Crippen molar-refractivity contribution in [1.29, 1.82) is 5.26 Å². The maximum Gasteiger partial charge on any atom is 0.410 e. The van der Waals surface area contributed by atoms with Crippen LogP contribution in [0.25, 0.3) is 0 Å². The number of nitrogens with zero attached hydrogens (tertiary/aromatic N) is 3. The van der Waals surface area contributed by atoms with Crippen molar-refractivity contribution in [3.8, 4) is 6.07 Å². The smallest absolute Gasteiger partial charge is 0.410 e. The number of piperidine rings is 1. The van der Waals surface area contributed by atoms with E-state index >= 15 is 0 Å². The number of carbonyl (C=O) groups is 1. The number of carbonyl (C=O) groups excluding carboxylic acids is 1. The fourth-order valence-electron chi connectivity index (χ4n) is 3.65. The third kappa shape index (κ3) is 2.37. The molecule has 3 heterocycles. The molecule has 4 fully saturated rings. The summed E-state index contributed by atoms with van der Waals surface area (Å²) < 4.78 is 5.48. The van der Waals surface area contributed by atoms with E-state index in [4.69, 9.17) is 10.00 Å². The number of hydrogen-bond acceptors (Lipinski definition) is 4. The lowest BCUT2D eigenvalue weighted by molar-refractivity contribution is -0.0854. The highest BCUT2D eigenvalue weighted by Crippen LogP contribution is 2.42. The van der Waals surface area contributed by atoms with Crippen LogP contribution in [0.5, 0.6) is 0 Å². The zero-order chi connectivity index (χ0) is 14.5. The van der Waals surface area contributed by atoms with Crippen LogP contribution in [0.2, 0.25) is 0 Å². The summed E-state index contributed by atoms with van der Waals surface area (Å²) in [6.45, 7) is 7.54. The van der Waals surface area contributed by atoms with Crippen molar-refractivity contribution in [2.24, 2.45) is 5.92 Å². The van der Waals surface area contributed by atoms with Gasteiger partial charge in [-0.25, -0.2) is 4.79 Å². The van der Waals surface area contributed by atoms with E-state index < -0.39 is 5.60 Å². The molecular weight excluding hydrogens is 254 g/mol. The number of nitriles is 1. The van der Waals surface area contributed by atoms with Gasteiger partial charge in [-0.15, -0.1) is 0 Å². The molecule has 0 N–H and O–H groups in total. The van der Waals surface area contributed by atoms with Gasteiger partial charge in [0.1, 0.15) is 5.60 Å². The third-order valence-electron chi connectivity index (χ3n) is 4.63. The predicted octanol–water partition coefficient (Wildman–Crippen LogP) is 1.98. The van der Waals surface area contributed by atoms with Gasteiger partial charge in [0.25, 0.3) is 0 Å². The number of ether oxygens (including phenoxy) is 1. The summed E-state index contributed by atoms with van der Waals surface area (Å²) in [5.74, 6) is 0.218. The first-order chi connectivity index (χ1) is 9.37. The van der Waals surface area contributed by atoms with E-state index in [1.807, 2.05) is 25.7 Å². The highest BCUT2D eigenvalue weighted by molar-refractivity contribution is 5.70. The van der Waals surface area contributed by atoms with Crippen molar-refractivity contribution in [3.63, 3.8) is 0 Å². The maximum absolute atomic E-state index is 12.2. The molecule has 2 atom stereocenters. The minimum atomic E-state index is -0.419. The standard InChI is InChI=1S/C15H23N3O2/c1-15(2,3)20-14(19)18-12-4-11(5-13(18)6-12)17-8-10(7-16)9-17/h10-13H,4-6,8-9H2,1-3H3. The lowest BCUT2D eigenvalue weighted by Crippen LogP contribution is -2.68. The summed E-state index contributed by atoms with van der Waals surface area (Å²) in [7, 11) is 0. The van der Waals surface area contributed by atoms with Gasteiger partial charge in [0.2, 0.25) is 0 Å². The van der Waals surface area contributed by atoms with Crippen LogP contribution in [-0.2, 0) is 4.74 Å². The van der Waals surface area contributed by atoms with Gasteiger partial charge < -0.3 is 9.64 Å². The zero-order valence-electron chi connectivity index (χ0n) is 12.5. The van der Waals surface area contributed by atoms with Crippen molar-refractivity contribution in [2.45, 2.75) is 63.8 Å². The molecule has 110 valence electrons. The molecule has 4 aliphatic rings. The molecule has 20 heavy (non-hydrogen) atoms. The van der Waals surface area contributed by atoms with Gasteiger partial charge in [0.15, 0.2) is 0 Å². The summed E-state index contributed by atoms with van der Waals surface area (Å²) in [6.07, 6.45) is 3.03. The Kier molecular flexibility index (Phi) is 3.17. The molecule has 0 aromatic rings. The van der Waals surface area contributed by atoms with Crippen LogP contribution in [-0.4, -0.2) is 52.7 Å². The van der Waals surface area contributed by atoms with Crippen molar-refractivity contribution in [1.82, 2.24) is 9.80 Å². The normalized spacial score (nSPS) is 33.9. The van der Waals surface area contributed by atoms with Crippen LogP contribution in [0.15, 0.2) is 0 Å². The van der Waals surface area contributed by atoms with E-state index in [2.05, 4.69) is 11.0 Å². The first-order valence-corrected chi connectivity index (χ1v) is 7.52. The van der Waals surface area contributed by atoms with Gasteiger partial charge in [-0.2, -0.15) is 5.26 Å². The summed E-state index contributed by atoms with van der Waals surface area (Å²) in [5, 5.41) is 8.84. The van der Waals surface area contributed by atoms with E-state index in [1.165, 1.54) is 0 Å². The molecule has 5 nitrogen and oxygen atoms in total. The second-order valence-corrected chi connectivity index (χ2v) is 7.34. The van der Waals surface area contributed by atoms with Gasteiger partial charge in [-0.1, -0.05) is 0 Å².